The molecule has 0 saturated heterocycles. The summed E-state index contributed by atoms with van der Waals surface area (Å²) < 4.78 is 7.60. The van der Waals surface area contributed by atoms with E-state index >= 15 is 0 Å². The van der Waals surface area contributed by atoms with Crippen LogP contribution in [0.1, 0.15) is 57.4 Å². The Bertz CT molecular complexity index is 371. The lowest BCUT2D eigenvalue weighted by Gasteiger charge is -2.11. The second kappa shape index (κ2) is 10.6. The molecule has 1 N–H and O–H groups in total. The van der Waals surface area contributed by atoms with Crippen molar-refractivity contribution < 1.29 is 9.84 Å². The molecule has 1 rings (SSSR count). The molecule has 114 valence electrons. The van der Waals surface area contributed by atoms with Crippen LogP contribution in [0.15, 0.2) is 21.1 Å². The highest BCUT2D eigenvalue weighted by atomic mass is 79.9. The fourth-order valence-corrected chi connectivity index (χ4v) is 3.59. The quantitative estimate of drug-likeness (QED) is 0.494. The van der Waals surface area contributed by atoms with E-state index in [0.29, 0.717) is 0 Å². The van der Waals surface area contributed by atoms with E-state index in [-0.39, 0.29) is 6.61 Å². The molecule has 1 aromatic rings. The third kappa shape index (κ3) is 6.59. The number of aliphatic hydroxyl groups excluding tert-OH is 1. The molecule has 2 nitrogen and oxygen atoms in total. The van der Waals surface area contributed by atoms with Crippen LogP contribution >= 0.6 is 31.9 Å². The topological polar surface area (TPSA) is 29.5 Å². The Morgan fingerprint density at radius 1 is 0.950 bits per heavy atom. The first-order valence-corrected chi connectivity index (χ1v) is 8.99. The van der Waals surface area contributed by atoms with Crippen molar-refractivity contribution >= 4 is 31.9 Å². The van der Waals surface area contributed by atoms with Crippen LogP contribution in [0.2, 0.25) is 0 Å². The summed E-state index contributed by atoms with van der Waals surface area (Å²) in [4.78, 5) is 0. The average molecular weight is 408 g/mol. The van der Waals surface area contributed by atoms with E-state index in [1.165, 1.54) is 38.5 Å². The van der Waals surface area contributed by atoms with Crippen LogP contribution in [0.4, 0.5) is 0 Å². The first-order chi connectivity index (χ1) is 9.69. The fourth-order valence-electron chi connectivity index (χ4n) is 2.07. The summed E-state index contributed by atoms with van der Waals surface area (Å²) in [5.41, 5.74) is 0.868. The molecule has 1 aromatic carbocycles. The third-order valence-corrected chi connectivity index (χ3v) is 4.41. The summed E-state index contributed by atoms with van der Waals surface area (Å²) in [5.74, 6) is 0.827. The summed E-state index contributed by atoms with van der Waals surface area (Å²) in [6.07, 6.45) is 8.97. The maximum atomic E-state index is 9.13. The van der Waals surface area contributed by atoms with Crippen molar-refractivity contribution in [2.24, 2.45) is 0 Å². The van der Waals surface area contributed by atoms with Gasteiger partial charge < -0.3 is 9.84 Å². The van der Waals surface area contributed by atoms with Crippen molar-refractivity contribution in [1.82, 2.24) is 0 Å². The van der Waals surface area contributed by atoms with Gasteiger partial charge in [-0.25, -0.2) is 0 Å². The first-order valence-electron chi connectivity index (χ1n) is 7.40. The zero-order valence-electron chi connectivity index (χ0n) is 12.1. The van der Waals surface area contributed by atoms with Gasteiger partial charge in [-0.3, -0.25) is 0 Å². The molecule has 0 aliphatic heterocycles. The van der Waals surface area contributed by atoms with Crippen LogP contribution in [-0.4, -0.2) is 11.7 Å². The Morgan fingerprint density at radius 2 is 1.50 bits per heavy atom. The number of rotatable bonds is 10. The highest BCUT2D eigenvalue weighted by Gasteiger charge is 2.08. The maximum Gasteiger partial charge on any atom is 0.147 e. The average Bonchev–Trinajstić information content (AvgIpc) is 2.43. The van der Waals surface area contributed by atoms with Gasteiger partial charge in [-0.05, 0) is 56.0 Å². The van der Waals surface area contributed by atoms with Crippen LogP contribution in [-0.2, 0) is 6.61 Å². The number of halogens is 2. The van der Waals surface area contributed by atoms with E-state index < -0.39 is 0 Å². The zero-order chi connectivity index (χ0) is 14.8. The van der Waals surface area contributed by atoms with E-state index in [1.807, 2.05) is 12.1 Å². The molecule has 0 atom stereocenters. The summed E-state index contributed by atoms with van der Waals surface area (Å²) >= 11 is 6.97. The lowest BCUT2D eigenvalue weighted by Crippen LogP contribution is -1.99. The van der Waals surface area contributed by atoms with Gasteiger partial charge in [-0.2, -0.15) is 0 Å². The SMILES string of the molecule is CCCCCCCCCOc1c(Br)cc(CO)cc1Br. The maximum absolute atomic E-state index is 9.13. The molecule has 0 unspecified atom stereocenters. The Kier molecular flexibility index (Phi) is 9.57. The second-order valence-electron chi connectivity index (χ2n) is 5.02. The first kappa shape index (κ1) is 18.0. The molecule has 20 heavy (non-hydrogen) atoms. The van der Waals surface area contributed by atoms with Crippen LogP contribution < -0.4 is 4.74 Å². The molecule has 0 bridgehead atoms. The predicted octanol–water partition coefficient (Wildman–Crippen LogP) is 5.83. The van der Waals surface area contributed by atoms with Crippen molar-refractivity contribution in [3.05, 3.63) is 26.6 Å². The van der Waals surface area contributed by atoms with Crippen molar-refractivity contribution in [3.63, 3.8) is 0 Å². The minimum absolute atomic E-state index is 0.0369. The monoisotopic (exact) mass is 406 g/mol. The van der Waals surface area contributed by atoms with Gasteiger partial charge >= 0.3 is 0 Å². The van der Waals surface area contributed by atoms with Gasteiger partial charge in [0.15, 0.2) is 0 Å². The van der Waals surface area contributed by atoms with Crippen LogP contribution in [0.25, 0.3) is 0 Å². The summed E-state index contributed by atoms with van der Waals surface area (Å²) in [7, 11) is 0. The van der Waals surface area contributed by atoms with Crippen molar-refractivity contribution in [2.45, 2.75) is 58.5 Å². The number of hydrogen-bond donors (Lipinski definition) is 1. The highest BCUT2D eigenvalue weighted by molar-refractivity contribution is 9.11. The predicted molar refractivity (Wildman–Crippen MR) is 91.3 cm³/mol. The Labute approximate surface area is 139 Å². The Hall–Kier alpha value is -0.0600. The minimum Gasteiger partial charge on any atom is -0.491 e. The molecule has 0 saturated carbocycles. The van der Waals surface area contributed by atoms with Crippen LogP contribution in [0, 0.1) is 0 Å². The van der Waals surface area contributed by atoms with Gasteiger partial charge in [-0.1, -0.05) is 45.4 Å². The van der Waals surface area contributed by atoms with Crippen molar-refractivity contribution in [1.29, 1.82) is 0 Å². The molecule has 4 heteroatoms. The van der Waals surface area contributed by atoms with Crippen LogP contribution in [0.5, 0.6) is 5.75 Å². The molecule has 0 amide bonds. The smallest absolute Gasteiger partial charge is 0.147 e. The summed E-state index contributed by atoms with van der Waals surface area (Å²) in [6, 6.07) is 3.79. The van der Waals surface area contributed by atoms with Gasteiger partial charge in [0.25, 0.3) is 0 Å². The molecule has 0 spiro atoms. The molecular formula is C16H24Br2O2. The van der Waals surface area contributed by atoms with Gasteiger partial charge in [0.2, 0.25) is 0 Å². The number of aliphatic hydroxyl groups is 1. The van der Waals surface area contributed by atoms with E-state index in [1.54, 1.807) is 0 Å². The second-order valence-corrected chi connectivity index (χ2v) is 6.73. The van der Waals surface area contributed by atoms with Crippen molar-refractivity contribution in [2.75, 3.05) is 6.61 Å². The summed E-state index contributed by atoms with van der Waals surface area (Å²) in [6.45, 7) is 3.02. The lowest BCUT2D eigenvalue weighted by atomic mass is 10.1. The molecule has 0 aliphatic rings. The molecule has 0 heterocycles. The molecular weight excluding hydrogens is 384 g/mol. The van der Waals surface area contributed by atoms with E-state index in [0.717, 1.165) is 33.3 Å². The zero-order valence-corrected chi connectivity index (χ0v) is 15.3. The van der Waals surface area contributed by atoms with E-state index in [9.17, 15) is 0 Å². The number of ether oxygens (including phenoxy) is 1. The Morgan fingerprint density at radius 3 is 2.05 bits per heavy atom. The largest absolute Gasteiger partial charge is 0.491 e. The Balaban J connectivity index is 2.25. The molecule has 0 aromatic heterocycles. The highest BCUT2D eigenvalue weighted by Crippen LogP contribution is 2.35. The van der Waals surface area contributed by atoms with E-state index in [4.69, 9.17) is 9.84 Å². The van der Waals surface area contributed by atoms with Crippen molar-refractivity contribution in [3.8, 4) is 5.75 Å². The summed E-state index contributed by atoms with van der Waals surface area (Å²) in [5, 5.41) is 9.13. The number of unbranched alkanes of at least 4 members (excludes halogenated alkanes) is 6. The van der Waals surface area contributed by atoms with E-state index in [2.05, 4.69) is 38.8 Å². The normalized spacial score (nSPS) is 10.8. The number of hydrogen-bond acceptors (Lipinski definition) is 2. The van der Waals surface area contributed by atoms with Gasteiger partial charge in [0.05, 0.1) is 22.2 Å². The lowest BCUT2D eigenvalue weighted by molar-refractivity contribution is 0.280. The molecule has 0 radical (unpaired) electrons. The van der Waals surface area contributed by atoms with Gasteiger partial charge in [0, 0.05) is 0 Å². The third-order valence-electron chi connectivity index (χ3n) is 3.23. The standard InChI is InChI=1S/C16H24Br2O2/c1-2-3-4-5-6-7-8-9-20-16-14(17)10-13(12-19)11-15(16)18/h10-11,19H,2-9,12H2,1H3. The fraction of sp³-hybridized carbons (Fsp3) is 0.625. The van der Waals surface area contributed by atoms with Gasteiger partial charge in [0.1, 0.15) is 5.75 Å². The molecule has 0 fully saturated rings. The van der Waals surface area contributed by atoms with Crippen LogP contribution in [0.3, 0.4) is 0 Å². The molecule has 0 aliphatic carbocycles. The minimum atomic E-state index is 0.0369. The van der Waals surface area contributed by atoms with Gasteiger partial charge in [-0.15, -0.1) is 0 Å². The number of benzene rings is 1.